The Hall–Kier alpha value is -2.80. The molecule has 5 fully saturated rings. The number of piperazine rings is 1. The van der Waals surface area contributed by atoms with E-state index in [1.807, 2.05) is 0 Å². The summed E-state index contributed by atoms with van der Waals surface area (Å²) in [7, 11) is 0. The molecule has 8 rings (SSSR count). The van der Waals surface area contributed by atoms with Crippen LogP contribution in [0.2, 0.25) is 0 Å². The molecule has 6 aliphatic rings. The second-order valence-corrected chi connectivity index (χ2v) is 14.0. The van der Waals surface area contributed by atoms with E-state index in [-0.39, 0.29) is 16.9 Å². The van der Waals surface area contributed by atoms with Crippen LogP contribution in [0.5, 0.6) is 0 Å². The molecule has 2 aromatic rings. The van der Waals surface area contributed by atoms with Gasteiger partial charge in [-0.3, -0.25) is 9.69 Å². The molecular formula is C32H44N6O. The van der Waals surface area contributed by atoms with E-state index in [0.29, 0.717) is 23.8 Å². The van der Waals surface area contributed by atoms with Gasteiger partial charge in [0.1, 0.15) is 5.82 Å². The highest BCUT2D eigenvalue weighted by Gasteiger charge is 2.59. The van der Waals surface area contributed by atoms with Crippen LogP contribution < -0.4 is 20.4 Å². The summed E-state index contributed by atoms with van der Waals surface area (Å²) in [5.74, 6) is 2.80. The van der Waals surface area contributed by atoms with Crippen LogP contribution in [0.3, 0.4) is 0 Å². The number of pyridine rings is 1. The number of aromatic nitrogens is 1. The number of carbonyl (C=O) groups excluding carboxylic acids is 1. The van der Waals surface area contributed by atoms with E-state index in [2.05, 4.69) is 83.0 Å². The number of nitrogens with zero attached hydrogens (tertiary/aromatic N) is 5. The number of carbonyl (C=O) groups is 1. The monoisotopic (exact) mass is 528 g/mol. The first kappa shape index (κ1) is 25.2. The number of rotatable bonds is 4. The maximum Gasteiger partial charge on any atom is 0.223 e. The molecule has 0 spiro atoms. The molecule has 1 aromatic carbocycles. The molecule has 4 bridgehead atoms. The highest BCUT2D eigenvalue weighted by molar-refractivity contribution is 5.82. The van der Waals surface area contributed by atoms with Crippen molar-refractivity contribution < 1.29 is 4.79 Å². The second-order valence-electron chi connectivity index (χ2n) is 14.0. The number of anilines is 4. The Morgan fingerprint density at radius 3 is 2.21 bits per heavy atom. The molecule has 208 valence electrons. The highest BCUT2D eigenvalue weighted by atomic mass is 16.1. The van der Waals surface area contributed by atoms with Gasteiger partial charge in [0.2, 0.25) is 5.91 Å². The summed E-state index contributed by atoms with van der Waals surface area (Å²) in [6.07, 6.45) is 7.57. The van der Waals surface area contributed by atoms with Crippen molar-refractivity contribution in [1.82, 2.24) is 9.88 Å². The van der Waals surface area contributed by atoms with E-state index in [1.54, 1.807) is 0 Å². The maximum absolute atomic E-state index is 12.5. The van der Waals surface area contributed by atoms with Gasteiger partial charge in [0, 0.05) is 56.3 Å². The van der Waals surface area contributed by atoms with E-state index in [0.717, 1.165) is 64.3 Å². The lowest BCUT2D eigenvalue weighted by molar-refractivity contribution is -0.144. The molecule has 2 N–H and O–H groups in total. The molecule has 1 aromatic heterocycles. The molecule has 39 heavy (non-hydrogen) atoms. The molecule has 3 unspecified atom stereocenters. The number of primary amides is 1. The lowest BCUT2D eigenvalue weighted by Gasteiger charge is -2.62. The van der Waals surface area contributed by atoms with E-state index < -0.39 is 0 Å². The van der Waals surface area contributed by atoms with Crippen LogP contribution >= 0.6 is 0 Å². The Bertz CT molecular complexity index is 1210. The summed E-state index contributed by atoms with van der Waals surface area (Å²) < 4.78 is 0. The molecule has 3 heterocycles. The van der Waals surface area contributed by atoms with Crippen LogP contribution in [0.4, 0.5) is 22.9 Å². The van der Waals surface area contributed by atoms with E-state index in [9.17, 15) is 4.79 Å². The highest BCUT2D eigenvalue weighted by Crippen LogP contribution is 2.61. The van der Waals surface area contributed by atoms with Gasteiger partial charge in [-0.2, -0.15) is 0 Å². The summed E-state index contributed by atoms with van der Waals surface area (Å²) in [5, 5.41) is 0. The third kappa shape index (κ3) is 4.19. The zero-order valence-electron chi connectivity index (χ0n) is 23.9. The Morgan fingerprint density at radius 2 is 1.59 bits per heavy atom. The number of nitrogens with two attached hydrogens (primary N) is 1. The average molecular weight is 529 g/mol. The van der Waals surface area contributed by atoms with Gasteiger partial charge in [-0.05, 0) is 94.9 Å². The fourth-order valence-electron chi connectivity index (χ4n) is 9.10. The Morgan fingerprint density at radius 1 is 0.897 bits per heavy atom. The molecule has 2 aliphatic heterocycles. The van der Waals surface area contributed by atoms with E-state index in [4.69, 9.17) is 10.7 Å². The average Bonchev–Trinajstić information content (AvgIpc) is 2.92. The number of benzene rings is 1. The predicted molar refractivity (Wildman–Crippen MR) is 158 cm³/mol. The third-order valence-electron chi connectivity index (χ3n) is 10.8. The van der Waals surface area contributed by atoms with Gasteiger partial charge < -0.3 is 20.4 Å². The van der Waals surface area contributed by atoms with Gasteiger partial charge in [-0.25, -0.2) is 4.98 Å². The Labute approximate surface area is 233 Å². The lowest BCUT2D eigenvalue weighted by Crippen LogP contribution is -2.63. The van der Waals surface area contributed by atoms with E-state index >= 15 is 0 Å². The summed E-state index contributed by atoms with van der Waals surface area (Å²) >= 11 is 0. The summed E-state index contributed by atoms with van der Waals surface area (Å²) in [6.45, 7) is 13.1. The van der Waals surface area contributed by atoms with Crippen LogP contribution in [0.1, 0.15) is 52.9 Å². The molecule has 0 radical (unpaired) electrons. The minimum Gasteiger partial charge on any atom is -0.369 e. The van der Waals surface area contributed by atoms with Gasteiger partial charge in [0.05, 0.1) is 23.3 Å². The SMILES string of the molecule is CC(C)(C)N1CCN(c2ccc(N3CCN(C4[C@@H]5CC6C[C@H]4CC(C(N)=O)(C6)C5)c4ccccc43)nc2)CC1. The smallest absolute Gasteiger partial charge is 0.223 e. The maximum atomic E-state index is 12.5. The first-order valence-electron chi connectivity index (χ1n) is 15.1. The fourth-order valence-corrected chi connectivity index (χ4v) is 9.10. The normalized spacial score (nSPS) is 32.4. The van der Waals surface area contributed by atoms with Gasteiger partial charge in [-0.15, -0.1) is 0 Å². The Kier molecular flexibility index (Phi) is 5.89. The second kappa shape index (κ2) is 9.12. The van der Waals surface area contributed by atoms with Crippen LogP contribution in [0, 0.1) is 23.2 Å². The number of amides is 1. The predicted octanol–water partition coefficient (Wildman–Crippen LogP) is 4.64. The summed E-state index contributed by atoms with van der Waals surface area (Å²) in [6, 6.07) is 13.8. The largest absolute Gasteiger partial charge is 0.369 e. The molecule has 4 aliphatic carbocycles. The van der Waals surface area contributed by atoms with Crippen molar-refractivity contribution in [1.29, 1.82) is 0 Å². The van der Waals surface area contributed by atoms with Crippen molar-refractivity contribution in [2.24, 2.45) is 28.9 Å². The zero-order chi connectivity index (χ0) is 26.9. The van der Waals surface area contributed by atoms with Crippen LogP contribution in [0.15, 0.2) is 42.6 Å². The zero-order valence-corrected chi connectivity index (χ0v) is 23.9. The van der Waals surface area contributed by atoms with Gasteiger partial charge in [-0.1, -0.05) is 12.1 Å². The number of hydrogen-bond acceptors (Lipinski definition) is 6. The summed E-state index contributed by atoms with van der Waals surface area (Å²) in [5.41, 5.74) is 9.76. The summed E-state index contributed by atoms with van der Waals surface area (Å²) in [4.78, 5) is 27.6. The fraction of sp³-hybridized carbons (Fsp3) is 0.625. The van der Waals surface area contributed by atoms with Crippen molar-refractivity contribution in [3.05, 3.63) is 42.6 Å². The molecule has 7 heteroatoms. The molecule has 5 atom stereocenters. The van der Waals surface area contributed by atoms with Crippen LogP contribution in [-0.2, 0) is 4.79 Å². The quantitative estimate of drug-likeness (QED) is 0.624. The topological polar surface area (TPSA) is 68.9 Å². The van der Waals surface area contributed by atoms with Crippen molar-refractivity contribution in [2.75, 3.05) is 54.0 Å². The van der Waals surface area contributed by atoms with Crippen molar-refractivity contribution >= 4 is 28.8 Å². The third-order valence-corrected chi connectivity index (χ3v) is 10.8. The minimum absolute atomic E-state index is 0.0452. The number of hydrogen-bond donors (Lipinski definition) is 1. The number of para-hydroxylation sites is 2. The van der Waals surface area contributed by atoms with Gasteiger partial charge >= 0.3 is 0 Å². The van der Waals surface area contributed by atoms with Gasteiger partial charge in [0.25, 0.3) is 0 Å². The van der Waals surface area contributed by atoms with Crippen molar-refractivity contribution in [3.63, 3.8) is 0 Å². The first-order chi connectivity index (χ1) is 18.7. The first-order valence-corrected chi connectivity index (χ1v) is 15.1. The van der Waals surface area contributed by atoms with Crippen LogP contribution in [-0.4, -0.2) is 66.6 Å². The van der Waals surface area contributed by atoms with Crippen LogP contribution in [0.25, 0.3) is 0 Å². The molecule has 7 nitrogen and oxygen atoms in total. The van der Waals surface area contributed by atoms with Gasteiger partial charge in [0.15, 0.2) is 0 Å². The molecule has 1 amide bonds. The number of fused-ring (bicyclic) bond motifs is 1. The molecule has 1 saturated heterocycles. The molecule has 4 saturated carbocycles. The minimum atomic E-state index is -0.237. The van der Waals surface area contributed by atoms with E-state index in [1.165, 1.54) is 29.9 Å². The standard InChI is InChI=1S/C32H44N6O/c1-31(2,3)36-12-10-35(11-13-36)25-8-9-28(34-21-25)37-14-15-38(27-7-5-4-6-26(27)37)29-23-16-22-17-24(29)20-32(18-22,19-23)30(33)39/h4-9,21-24,29H,10-20H2,1-3H3,(H2,33,39)/t22?,23-,24+,29?,32?. The lowest BCUT2D eigenvalue weighted by atomic mass is 9.47. The van der Waals surface area contributed by atoms with Crippen molar-refractivity contribution in [3.8, 4) is 0 Å². The van der Waals surface area contributed by atoms with Crippen molar-refractivity contribution in [2.45, 2.75) is 64.5 Å². The Balaban J connectivity index is 1.10. The molecular weight excluding hydrogens is 484 g/mol.